The molecule has 2 aromatic carbocycles. The minimum atomic E-state index is -0.180. The summed E-state index contributed by atoms with van der Waals surface area (Å²) in [5, 5.41) is 5.35. The van der Waals surface area contributed by atoms with Gasteiger partial charge in [-0.1, -0.05) is 52.8 Å². The third-order valence-corrected chi connectivity index (χ3v) is 5.89. The molecule has 0 aliphatic heterocycles. The Morgan fingerprint density at radius 1 is 1.10 bits per heavy atom. The molecular formula is C21H16ClN3O3S. The lowest BCUT2D eigenvalue weighted by molar-refractivity contribution is 0.103. The van der Waals surface area contributed by atoms with Crippen LogP contribution in [-0.4, -0.2) is 20.5 Å². The van der Waals surface area contributed by atoms with Crippen LogP contribution in [0.15, 0.2) is 63.0 Å². The van der Waals surface area contributed by atoms with Crippen LogP contribution in [-0.2, 0) is 12.8 Å². The molecule has 0 unspecified atom stereocenters. The molecule has 0 aliphatic rings. The highest BCUT2D eigenvalue weighted by molar-refractivity contribution is 7.98. The fourth-order valence-electron chi connectivity index (χ4n) is 2.89. The molecule has 0 fully saturated rings. The van der Waals surface area contributed by atoms with Gasteiger partial charge in [0.15, 0.2) is 10.9 Å². The minimum Gasteiger partial charge on any atom is -0.335 e. The Kier molecular flexibility index (Phi) is 5.25. The highest BCUT2D eigenvalue weighted by Crippen LogP contribution is 2.23. The number of hydrogen-bond acceptors (Lipinski definition) is 6. The number of hydrogen-bond donors (Lipinski definition) is 0. The second-order valence-corrected chi connectivity index (χ2v) is 7.91. The summed E-state index contributed by atoms with van der Waals surface area (Å²) in [6.45, 7) is 1.72. The number of halogens is 1. The first-order chi connectivity index (χ1) is 13.9. The number of ketones is 1. The number of carbonyl (C=O) groups excluding carboxylic acids is 1. The van der Waals surface area contributed by atoms with Crippen molar-refractivity contribution in [2.75, 3.05) is 0 Å². The van der Waals surface area contributed by atoms with Crippen molar-refractivity contribution in [2.24, 2.45) is 7.05 Å². The van der Waals surface area contributed by atoms with Crippen LogP contribution in [0.1, 0.15) is 27.2 Å². The zero-order chi connectivity index (χ0) is 20.5. The summed E-state index contributed by atoms with van der Waals surface area (Å²) in [7, 11) is 1.68. The van der Waals surface area contributed by atoms with Gasteiger partial charge in [0.1, 0.15) is 5.39 Å². The van der Waals surface area contributed by atoms with Crippen molar-refractivity contribution >= 4 is 40.2 Å². The number of thioether (sulfide) groups is 1. The molecule has 2 aromatic heterocycles. The van der Waals surface area contributed by atoms with Crippen molar-refractivity contribution in [1.29, 1.82) is 0 Å². The lowest BCUT2D eigenvalue weighted by Gasteiger charge is -2.07. The van der Waals surface area contributed by atoms with E-state index in [0.717, 1.165) is 5.56 Å². The van der Waals surface area contributed by atoms with E-state index in [1.54, 1.807) is 50.4 Å². The number of nitrogens with zero attached hydrogens (tertiary/aromatic N) is 3. The minimum absolute atomic E-state index is 0.0592. The van der Waals surface area contributed by atoms with Crippen LogP contribution in [0.2, 0.25) is 5.02 Å². The third-order valence-electron chi connectivity index (χ3n) is 4.54. The summed E-state index contributed by atoms with van der Waals surface area (Å²) in [5.41, 5.74) is 2.80. The van der Waals surface area contributed by atoms with Crippen LogP contribution >= 0.6 is 23.4 Å². The van der Waals surface area contributed by atoms with E-state index in [1.165, 1.54) is 16.3 Å². The van der Waals surface area contributed by atoms with E-state index < -0.39 is 0 Å². The fourth-order valence-corrected chi connectivity index (χ4v) is 3.93. The summed E-state index contributed by atoms with van der Waals surface area (Å²) in [5.74, 6) is 0.532. The molecule has 0 radical (unpaired) electrons. The molecule has 146 valence electrons. The Balaban J connectivity index is 1.50. The highest BCUT2D eigenvalue weighted by Gasteiger charge is 2.15. The molecule has 0 aliphatic carbocycles. The standard InChI is InChI=1S/C21H16ClN3O3S/c1-12-17-19(28-24-12)23-21(25(2)20(17)27)29-11-13-3-5-14(6-4-13)18(26)15-7-9-16(22)10-8-15/h3-10H,11H2,1-2H3. The van der Waals surface area contributed by atoms with Crippen LogP contribution in [0.3, 0.4) is 0 Å². The van der Waals surface area contributed by atoms with Crippen molar-refractivity contribution in [2.45, 2.75) is 17.8 Å². The zero-order valence-electron chi connectivity index (χ0n) is 15.7. The molecule has 0 N–H and O–H groups in total. The summed E-state index contributed by atoms with van der Waals surface area (Å²) >= 11 is 7.29. The average Bonchev–Trinajstić information content (AvgIpc) is 3.10. The van der Waals surface area contributed by atoms with E-state index in [1.807, 2.05) is 12.1 Å². The van der Waals surface area contributed by atoms with Crippen molar-refractivity contribution in [1.82, 2.24) is 14.7 Å². The Bertz CT molecular complexity index is 1260. The normalized spacial score (nSPS) is 11.1. The summed E-state index contributed by atoms with van der Waals surface area (Å²) in [6.07, 6.45) is 0. The number of carbonyl (C=O) groups is 1. The molecule has 8 heteroatoms. The Labute approximate surface area is 175 Å². The zero-order valence-corrected chi connectivity index (χ0v) is 17.3. The maximum atomic E-state index is 12.5. The van der Waals surface area contributed by atoms with Gasteiger partial charge in [-0.2, -0.15) is 4.98 Å². The Hall–Kier alpha value is -2.90. The maximum Gasteiger partial charge on any atom is 0.267 e. The first-order valence-corrected chi connectivity index (χ1v) is 10.2. The van der Waals surface area contributed by atoms with Gasteiger partial charge in [-0.15, -0.1) is 0 Å². The van der Waals surface area contributed by atoms with Gasteiger partial charge in [-0.3, -0.25) is 14.2 Å². The molecule has 6 nitrogen and oxygen atoms in total. The second kappa shape index (κ2) is 7.85. The lowest BCUT2D eigenvalue weighted by atomic mass is 10.0. The molecule has 2 heterocycles. The Morgan fingerprint density at radius 3 is 2.38 bits per heavy atom. The molecule has 0 saturated carbocycles. The highest BCUT2D eigenvalue weighted by atomic mass is 35.5. The van der Waals surface area contributed by atoms with Gasteiger partial charge in [0.25, 0.3) is 11.3 Å². The number of fused-ring (bicyclic) bond motifs is 1. The lowest BCUT2D eigenvalue weighted by Crippen LogP contribution is -2.19. The van der Waals surface area contributed by atoms with E-state index >= 15 is 0 Å². The SMILES string of the molecule is Cc1noc2nc(SCc3ccc(C(=O)c4ccc(Cl)cc4)cc3)n(C)c(=O)c12. The Morgan fingerprint density at radius 2 is 1.72 bits per heavy atom. The van der Waals surface area contributed by atoms with Crippen molar-refractivity contribution in [3.05, 3.63) is 86.3 Å². The smallest absolute Gasteiger partial charge is 0.267 e. The second-order valence-electron chi connectivity index (χ2n) is 6.53. The largest absolute Gasteiger partial charge is 0.335 e. The van der Waals surface area contributed by atoms with Crippen LogP contribution in [0.4, 0.5) is 0 Å². The first kappa shape index (κ1) is 19.4. The first-order valence-electron chi connectivity index (χ1n) is 8.79. The molecule has 0 atom stereocenters. The summed E-state index contributed by atoms with van der Waals surface area (Å²) < 4.78 is 6.63. The predicted molar refractivity (Wildman–Crippen MR) is 113 cm³/mol. The number of aryl methyl sites for hydroxylation is 1. The number of rotatable bonds is 5. The van der Waals surface area contributed by atoms with E-state index in [4.69, 9.17) is 16.1 Å². The molecule has 29 heavy (non-hydrogen) atoms. The molecule has 0 spiro atoms. The monoisotopic (exact) mass is 425 g/mol. The number of aromatic nitrogens is 3. The van der Waals surface area contributed by atoms with Gasteiger partial charge in [-0.25, -0.2) is 0 Å². The quantitative estimate of drug-likeness (QED) is 0.268. The van der Waals surface area contributed by atoms with Crippen molar-refractivity contribution in [3.63, 3.8) is 0 Å². The van der Waals surface area contributed by atoms with Gasteiger partial charge < -0.3 is 4.52 Å². The maximum absolute atomic E-state index is 12.5. The summed E-state index contributed by atoms with van der Waals surface area (Å²) in [6, 6.07) is 14.2. The van der Waals surface area contributed by atoms with Crippen LogP contribution in [0.25, 0.3) is 11.1 Å². The van der Waals surface area contributed by atoms with Crippen LogP contribution < -0.4 is 5.56 Å². The fraction of sp³-hybridized carbons (Fsp3) is 0.143. The molecular weight excluding hydrogens is 410 g/mol. The van der Waals surface area contributed by atoms with Crippen LogP contribution in [0, 0.1) is 6.92 Å². The van der Waals surface area contributed by atoms with Crippen molar-refractivity contribution in [3.8, 4) is 0 Å². The van der Waals surface area contributed by atoms with Crippen LogP contribution in [0.5, 0.6) is 0 Å². The molecule has 4 aromatic rings. The van der Waals surface area contributed by atoms with Gasteiger partial charge >= 0.3 is 0 Å². The van der Waals surface area contributed by atoms with Crippen molar-refractivity contribution < 1.29 is 9.32 Å². The van der Waals surface area contributed by atoms with E-state index in [2.05, 4.69) is 10.1 Å². The molecule has 0 bridgehead atoms. The third kappa shape index (κ3) is 3.83. The molecule has 4 rings (SSSR count). The van der Waals surface area contributed by atoms with Gasteiger partial charge in [0.05, 0.1) is 5.69 Å². The average molecular weight is 426 g/mol. The number of benzene rings is 2. The van der Waals surface area contributed by atoms with Gasteiger partial charge in [0, 0.05) is 29.0 Å². The summed E-state index contributed by atoms with van der Waals surface area (Å²) in [4.78, 5) is 29.4. The van der Waals surface area contributed by atoms with E-state index in [9.17, 15) is 9.59 Å². The van der Waals surface area contributed by atoms with E-state index in [0.29, 0.717) is 38.1 Å². The van der Waals surface area contributed by atoms with Gasteiger partial charge in [0.2, 0.25) is 0 Å². The topological polar surface area (TPSA) is 78.0 Å². The predicted octanol–water partition coefficient (Wildman–Crippen LogP) is 4.41. The molecule has 0 saturated heterocycles. The van der Waals surface area contributed by atoms with Gasteiger partial charge in [-0.05, 0) is 36.8 Å². The van der Waals surface area contributed by atoms with E-state index in [-0.39, 0.29) is 17.1 Å². The molecule has 0 amide bonds.